The summed E-state index contributed by atoms with van der Waals surface area (Å²) in [4.78, 5) is 28.2. The van der Waals surface area contributed by atoms with Crippen molar-refractivity contribution >= 4 is 16.7 Å². The Bertz CT molecular complexity index is 1060. The molecule has 2 aromatic carbocycles. The second kappa shape index (κ2) is 8.57. The van der Waals surface area contributed by atoms with Gasteiger partial charge in [0, 0.05) is 31.0 Å². The fraction of sp³-hybridized carbons (Fsp3) is 0.348. The second-order valence-electron chi connectivity index (χ2n) is 7.42. The van der Waals surface area contributed by atoms with Crippen molar-refractivity contribution in [1.29, 1.82) is 0 Å². The van der Waals surface area contributed by atoms with E-state index in [1.807, 2.05) is 54.3 Å². The van der Waals surface area contributed by atoms with Crippen molar-refractivity contribution in [3.8, 4) is 0 Å². The molecule has 0 aliphatic carbocycles. The largest absolute Gasteiger partial charge is 0.381 e. The number of aromatic nitrogens is 2. The van der Waals surface area contributed by atoms with Gasteiger partial charge in [0.25, 0.3) is 11.5 Å². The molecule has 29 heavy (non-hydrogen) atoms. The summed E-state index contributed by atoms with van der Waals surface area (Å²) in [6.45, 7) is 4.96. The summed E-state index contributed by atoms with van der Waals surface area (Å²) >= 11 is 0. The number of rotatable bonds is 6. The third-order valence-corrected chi connectivity index (χ3v) is 5.42. The van der Waals surface area contributed by atoms with Crippen molar-refractivity contribution in [2.45, 2.75) is 19.9 Å². The molecule has 1 aliphatic heterocycles. The summed E-state index contributed by atoms with van der Waals surface area (Å²) in [5.74, 6) is 0.206. The highest BCUT2D eigenvalue weighted by molar-refractivity contribution is 6.04. The van der Waals surface area contributed by atoms with Gasteiger partial charge in [0.15, 0.2) is 5.69 Å². The van der Waals surface area contributed by atoms with Gasteiger partial charge in [0.2, 0.25) is 0 Å². The molecule has 1 atom stereocenters. The molecule has 2 heterocycles. The lowest BCUT2D eigenvalue weighted by atomic mass is 10.1. The fourth-order valence-electron chi connectivity index (χ4n) is 3.80. The monoisotopic (exact) mass is 391 g/mol. The molecule has 1 aromatic heterocycles. The normalized spacial score (nSPS) is 16.2. The maximum Gasteiger partial charge on any atom is 0.274 e. The molecule has 0 radical (unpaired) electrons. The van der Waals surface area contributed by atoms with Gasteiger partial charge in [-0.15, -0.1) is 0 Å². The van der Waals surface area contributed by atoms with E-state index in [1.165, 1.54) is 4.68 Å². The Morgan fingerprint density at radius 3 is 2.55 bits per heavy atom. The summed E-state index contributed by atoms with van der Waals surface area (Å²) in [5.41, 5.74) is 1.11. The Labute approximate surface area is 169 Å². The summed E-state index contributed by atoms with van der Waals surface area (Å²) < 4.78 is 6.86. The fourth-order valence-corrected chi connectivity index (χ4v) is 3.80. The van der Waals surface area contributed by atoms with Crippen molar-refractivity contribution in [1.82, 2.24) is 14.7 Å². The number of carbonyl (C=O) groups is 1. The van der Waals surface area contributed by atoms with Crippen molar-refractivity contribution in [3.05, 3.63) is 76.2 Å². The summed E-state index contributed by atoms with van der Waals surface area (Å²) in [5, 5.41) is 5.64. The minimum atomic E-state index is -0.187. The molecule has 1 aliphatic rings. The number of amides is 1. The number of nitrogens with zero attached hydrogens (tertiary/aromatic N) is 3. The van der Waals surface area contributed by atoms with Crippen LogP contribution in [0.2, 0.25) is 0 Å². The van der Waals surface area contributed by atoms with E-state index in [9.17, 15) is 9.59 Å². The highest BCUT2D eigenvalue weighted by Crippen LogP contribution is 2.19. The standard InChI is InChI=1S/C23H25N3O3/c1-2-25(14-18-12-13-29-16-18)23(28)21-19-10-6-7-11-20(19)22(27)26(24-21)15-17-8-4-3-5-9-17/h3-11,18H,2,12-16H2,1H3. The van der Waals surface area contributed by atoms with Crippen LogP contribution in [0, 0.1) is 5.92 Å². The number of fused-ring (bicyclic) bond motifs is 1. The molecule has 0 saturated carbocycles. The second-order valence-corrected chi connectivity index (χ2v) is 7.42. The van der Waals surface area contributed by atoms with Crippen LogP contribution in [0.4, 0.5) is 0 Å². The van der Waals surface area contributed by atoms with Gasteiger partial charge in [0.05, 0.1) is 18.5 Å². The zero-order chi connectivity index (χ0) is 20.2. The van der Waals surface area contributed by atoms with E-state index in [1.54, 1.807) is 12.1 Å². The third kappa shape index (κ3) is 4.07. The summed E-state index contributed by atoms with van der Waals surface area (Å²) in [6, 6.07) is 16.9. The first-order valence-electron chi connectivity index (χ1n) is 10.1. The first-order valence-corrected chi connectivity index (χ1v) is 10.1. The number of hydrogen-bond acceptors (Lipinski definition) is 4. The molecule has 1 saturated heterocycles. The Kier molecular flexibility index (Phi) is 5.71. The Morgan fingerprint density at radius 1 is 1.14 bits per heavy atom. The van der Waals surface area contributed by atoms with E-state index >= 15 is 0 Å². The Hall–Kier alpha value is -2.99. The smallest absolute Gasteiger partial charge is 0.274 e. The van der Waals surface area contributed by atoms with Crippen LogP contribution in [0.3, 0.4) is 0 Å². The molecule has 0 N–H and O–H groups in total. The zero-order valence-corrected chi connectivity index (χ0v) is 16.6. The SMILES string of the molecule is CCN(CC1CCOC1)C(=O)c1nn(Cc2ccccc2)c(=O)c2ccccc12. The van der Waals surface area contributed by atoms with E-state index in [0.717, 1.165) is 18.6 Å². The zero-order valence-electron chi connectivity index (χ0n) is 16.6. The van der Waals surface area contributed by atoms with Gasteiger partial charge in [-0.25, -0.2) is 4.68 Å². The number of carbonyl (C=O) groups excluding carboxylic acids is 1. The molecule has 1 fully saturated rings. The van der Waals surface area contributed by atoms with Crippen LogP contribution in [0.1, 0.15) is 29.4 Å². The quantitative estimate of drug-likeness (QED) is 0.648. The molecule has 1 amide bonds. The predicted octanol–water partition coefficient (Wildman–Crippen LogP) is 2.94. The van der Waals surface area contributed by atoms with Gasteiger partial charge in [-0.05, 0) is 25.0 Å². The average Bonchev–Trinajstić information content (AvgIpc) is 3.27. The van der Waals surface area contributed by atoms with Crippen LogP contribution in [0.25, 0.3) is 10.8 Å². The van der Waals surface area contributed by atoms with E-state index in [-0.39, 0.29) is 11.5 Å². The number of benzene rings is 2. The minimum absolute atomic E-state index is 0.141. The van der Waals surface area contributed by atoms with Gasteiger partial charge in [-0.3, -0.25) is 9.59 Å². The first-order chi connectivity index (χ1) is 14.2. The Balaban J connectivity index is 1.74. The molecule has 150 valence electrons. The molecule has 4 rings (SSSR count). The minimum Gasteiger partial charge on any atom is -0.381 e. The highest BCUT2D eigenvalue weighted by atomic mass is 16.5. The number of ether oxygens (including phenoxy) is 1. The molecule has 6 heteroatoms. The lowest BCUT2D eigenvalue weighted by Crippen LogP contribution is -2.37. The molecule has 6 nitrogen and oxygen atoms in total. The van der Waals surface area contributed by atoms with Gasteiger partial charge >= 0.3 is 0 Å². The van der Waals surface area contributed by atoms with Crippen molar-refractivity contribution in [2.24, 2.45) is 5.92 Å². The van der Waals surface area contributed by atoms with Crippen LogP contribution in [0.5, 0.6) is 0 Å². The van der Waals surface area contributed by atoms with Crippen LogP contribution >= 0.6 is 0 Å². The van der Waals surface area contributed by atoms with Crippen LogP contribution in [0.15, 0.2) is 59.4 Å². The third-order valence-electron chi connectivity index (χ3n) is 5.42. The summed E-state index contributed by atoms with van der Waals surface area (Å²) in [7, 11) is 0. The van der Waals surface area contributed by atoms with Crippen molar-refractivity contribution in [2.75, 3.05) is 26.3 Å². The average molecular weight is 391 g/mol. The van der Waals surface area contributed by atoms with Gasteiger partial charge in [0.1, 0.15) is 0 Å². The molecule has 0 spiro atoms. The lowest BCUT2D eigenvalue weighted by molar-refractivity contribution is 0.0724. The molecule has 0 bridgehead atoms. The van der Waals surface area contributed by atoms with Gasteiger partial charge in [-0.1, -0.05) is 48.5 Å². The molecular formula is C23H25N3O3. The van der Waals surface area contributed by atoms with Gasteiger partial charge < -0.3 is 9.64 Å². The van der Waals surface area contributed by atoms with Gasteiger partial charge in [-0.2, -0.15) is 5.10 Å². The van der Waals surface area contributed by atoms with Crippen LogP contribution in [-0.2, 0) is 11.3 Å². The van der Waals surface area contributed by atoms with Crippen molar-refractivity contribution in [3.63, 3.8) is 0 Å². The van der Waals surface area contributed by atoms with Crippen molar-refractivity contribution < 1.29 is 9.53 Å². The maximum atomic E-state index is 13.4. The van der Waals surface area contributed by atoms with Crippen LogP contribution < -0.4 is 5.56 Å². The topological polar surface area (TPSA) is 64.4 Å². The van der Waals surface area contributed by atoms with Crippen LogP contribution in [-0.4, -0.2) is 46.9 Å². The van der Waals surface area contributed by atoms with E-state index in [4.69, 9.17) is 4.74 Å². The highest BCUT2D eigenvalue weighted by Gasteiger charge is 2.25. The summed E-state index contributed by atoms with van der Waals surface area (Å²) in [6.07, 6.45) is 0.964. The molecule has 3 aromatic rings. The molecular weight excluding hydrogens is 366 g/mol. The first kappa shape index (κ1) is 19.3. The Morgan fingerprint density at radius 2 is 1.86 bits per heavy atom. The number of hydrogen-bond donors (Lipinski definition) is 0. The van der Waals surface area contributed by atoms with E-state index in [0.29, 0.717) is 48.6 Å². The van der Waals surface area contributed by atoms with E-state index in [2.05, 4.69) is 5.10 Å². The maximum absolute atomic E-state index is 13.4. The molecule has 1 unspecified atom stereocenters. The lowest BCUT2D eigenvalue weighted by Gasteiger charge is -2.24. The predicted molar refractivity (Wildman–Crippen MR) is 112 cm³/mol. The van der Waals surface area contributed by atoms with E-state index < -0.39 is 0 Å².